The molecule has 0 aliphatic carbocycles. The molecule has 1 aliphatic heterocycles. The van der Waals surface area contributed by atoms with Gasteiger partial charge in [0, 0.05) is 13.1 Å². The third-order valence-electron chi connectivity index (χ3n) is 3.39. The van der Waals surface area contributed by atoms with Crippen molar-refractivity contribution in [2.24, 2.45) is 0 Å². The first-order valence-electron chi connectivity index (χ1n) is 6.50. The Kier molecular flexibility index (Phi) is 4.96. The molecule has 1 aromatic rings. The molecule has 98 valence electrons. The molecule has 1 atom stereocenters. The van der Waals surface area contributed by atoms with E-state index in [4.69, 9.17) is 12.2 Å². The van der Waals surface area contributed by atoms with Crippen LogP contribution in [-0.4, -0.2) is 34.3 Å². The van der Waals surface area contributed by atoms with Gasteiger partial charge in [-0.2, -0.15) is 0 Å². The third-order valence-corrected chi connectivity index (χ3v) is 3.76. The Hall–Kier alpha value is -1.13. The van der Waals surface area contributed by atoms with Crippen LogP contribution in [0.25, 0.3) is 0 Å². The van der Waals surface area contributed by atoms with Crippen molar-refractivity contribution < 1.29 is 5.11 Å². The van der Waals surface area contributed by atoms with Gasteiger partial charge in [-0.3, -0.25) is 0 Å². The second-order valence-electron chi connectivity index (χ2n) is 4.67. The molecule has 3 nitrogen and oxygen atoms in total. The summed E-state index contributed by atoms with van der Waals surface area (Å²) in [5.41, 5.74) is 1.22. The van der Waals surface area contributed by atoms with Crippen LogP contribution in [0.5, 0.6) is 0 Å². The van der Waals surface area contributed by atoms with Crippen LogP contribution < -0.4 is 5.32 Å². The van der Waals surface area contributed by atoms with Crippen LogP contribution >= 0.6 is 12.2 Å². The van der Waals surface area contributed by atoms with Gasteiger partial charge in [0.05, 0.1) is 12.6 Å². The average molecular weight is 264 g/mol. The molecule has 1 saturated heterocycles. The highest BCUT2D eigenvalue weighted by Crippen LogP contribution is 2.16. The second kappa shape index (κ2) is 6.71. The fourth-order valence-corrected chi connectivity index (χ4v) is 2.65. The minimum Gasteiger partial charge on any atom is -0.394 e. The lowest BCUT2D eigenvalue weighted by Gasteiger charge is -2.36. The predicted molar refractivity (Wildman–Crippen MR) is 77.3 cm³/mol. The second-order valence-corrected chi connectivity index (χ2v) is 5.06. The number of piperidine rings is 1. The number of thiocarbonyl (C=S) groups is 1. The Morgan fingerprint density at radius 3 is 2.83 bits per heavy atom. The Morgan fingerprint density at radius 1 is 1.33 bits per heavy atom. The summed E-state index contributed by atoms with van der Waals surface area (Å²) < 4.78 is 0. The van der Waals surface area contributed by atoms with Crippen LogP contribution in [0.4, 0.5) is 0 Å². The topological polar surface area (TPSA) is 35.5 Å². The largest absolute Gasteiger partial charge is 0.394 e. The van der Waals surface area contributed by atoms with Crippen molar-refractivity contribution in [3.05, 3.63) is 35.9 Å². The van der Waals surface area contributed by atoms with E-state index < -0.39 is 0 Å². The maximum atomic E-state index is 9.37. The number of hydrogen-bond donors (Lipinski definition) is 2. The van der Waals surface area contributed by atoms with Crippen molar-refractivity contribution >= 4 is 17.3 Å². The quantitative estimate of drug-likeness (QED) is 0.818. The van der Waals surface area contributed by atoms with Gasteiger partial charge in [0.25, 0.3) is 0 Å². The van der Waals surface area contributed by atoms with Gasteiger partial charge in [0.1, 0.15) is 0 Å². The zero-order chi connectivity index (χ0) is 12.8. The number of benzene rings is 1. The van der Waals surface area contributed by atoms with E-state index in [2.05, 4.69) is 22.3 Å². The standard InChI is InChI=1S/C14H20N2OS/c17-11-13-8-4-5-9-16(13)14(18)15-10-12-6-2-1-3-7-12/h1-3,6-7,13,17H,4-5,8-11H2,(H,15,18). The van der Waals surface area contributed by atoms with Crippen LogP contribution in [0.1, 0.15) is 24.8 Å². The molecule has 18 heavy (non-hydrogen) atoms. The third kappa shape index (κ3) is 3.43. The number of aliphatic hydroxyl groups is 1. The van der Waals surface area contributed by atoms with Crippen LogP contribution in [0, 0.1) is 0 Å². The van der Waals surface area contributed by atoms with Crippen molar-refractivity contribution in [1.82, 2.24) is 10.2 Å². The summed E-state index contributed by atoms with van der Waals surface area (Å²) in [5.74, 6) is 0. The fraction of sp³-hybridized carbons (Fsp3) is 0.500. The van der Waals surface area contributed by atoms with Crippen molar-refractivity contribution in [3.63, 3.8) is 0 Å². The normalized spacial score (nSPS) is 19.6. The van der Waals surface area contributed by atoms with E-state index in [1.165, 1.54) is 12.0 Å². The van der Waals surface area contributed by atoms with E-state index in [0.29, 0.717) is 0 Å². The highest BCUT2D eigenvalue weighted by Gasteiger charge is 2.23. The Morgan fingerprint density at radius 2 is 2.11 bits per heavy atom. The van der Waals surface area contributed by atoms with E-state index in [1.807, 2.05) is 18.2 Å². The van der Waals surface area contributed by atoms with Gasteiger partial charge in [-0.25, -0.2) is 0 Å². The number of aliphatic hydroxyl groups excluding tert-OH is 1. The zero-order valence-corrected chi connectivity index (χ0v) is 11.3. The van der Waals surface area contributed by atoms with Gasteiger partial charge in [-0.15, -0.1) is 0 Å². The smallest absolute Gasteiger partial charge is 0.169 e. The molecule has 0 aromatic heterocycles. The van der Waals surface area contributed by atoms with E-state index in [-0.39, 0.29) is 12.6 Å². The van der Waals surface area contributed by atoms with E-state index in [1.54, 1.807) is 0 Å². The zero-order valence-electron chi connectivity index (χ0n) is 10.5. The molecule has 2 rings (SSSR count). The highest BCUT2D eigenvalue weighted by atomic mass is 32.1. The molecule has 0 bridgehead atoms. The predicted octanol–water partition coefficient (Wildman–Crippen LogP) is 1.91. The molecule has 2 N–H and O–H groups in total. The first-order chi connectivity index (χ1) is 8.81. The summed E-state index contributed by atoms with van der Waals surface area (Å²) >= 11 is 5.42. The molecule has 0 radical (unpaired) electrons. The first kappa shape index (κ1) is 13.3. The molecule has 0 saturated carbocycles. The van der Waals surface area contributed by atoms with Crippen LogP contribution in [-0.2, 0) is 6.54 Å². The van der Waals surface area contributed by atoms with Gasteiger partial charge in [-0.05, 0) is 37.0 Å². The van der Waals surface area contributed by atoms with Crippen molar-refractivity contribution in [2.45, 2.75) is 31.8 Å². The van der Waals surface area contributed by atoms with Crippen molar-refractivity contribution in [1.29, 1.82) is 0 Å². The molecule has 1 fully saturated rings. The maximum absolute atomic E-state index is 9.37. The monoisotopic (exact) mass is 264 g/mol. The van der Waals surface area contributed by atoms with E-state index >= 15 is 0 Å². The molecular weight excluding hydrogens is 244 g/mol. The maximum Gasteiger partial charge on any atom is 0.169 e. The van der Waals surface area contributed by atoms with Gasteiger partial charge < -0.3 is 15.3 Å². The van der Waals surface area contributed by atoms with E-state index in [0.717, 1.165) is 31.0 Å². The lowest BCUT2D eigenvalue weighted by molar-refractivity contribution is 0.146. The number of nitrogens with one attached hydrogen (secondary N) is 1. The molecule has 1 aliphatic rings. The summed E-state index contributed by atoms with van der Waals surface area (Å²) in [4.78, 5) is 2.13. The van der Waals surface area contributed by atoms with Gasteiger partial charge in [-0.1, -0.05) is 30.3 Å². The summed E-state index contributed by atoms with van der Waals surface area (Å²) in [6.07, 6.45) is 3.37. The molecule has 1 unspecified atom stereocenters. The first-order valence-corrected chi connectivity index (χ1v) is 6.91. The van der Waals surface area contributed by atoms with Gasteiger partial charge in [0.15, 0.2) is 5.11 Å². The Balaban J connectivity index is 1.87. The molecule has 0 amide bonds. The molecular formula is C14H20N2OS. The fourth-order valence-electron chi connectivity index (χ4n) is 2.33. The van der Waals surface area contributed by atoms with Crippen molar-refractivity contribution in [3.8, 4) is 0 Å². The summed E-state index contributed by atoms with van der Waals surface area (Å²) in [7, 11) is 0. The Labute approximate surface area is 114 Å². The van der Waals surface area contributed by atoms with Gasteiger partial charge in [0.2, 0.25) is 0 Å². The number of likely N-dealkylation sites (tertiary alicyclic amines) is 1. The van der Waals surface area contributed by atoms with Gasteiger partial charge >= 0.3 is 0 Å². The minimum absolute atomic E-state index is 0.188. The molecule has 4 heteroatoms. The van der Waals surface area contributed by atoms with Crippen LogP contribution in [0.2, 0.25) is 0 Å². The lowest BCUT2D eigenvalue weighted by atomic mass is 10.0. The van der Waals surface area contributed by atoms with E-state index in [9.17, 15) is 5.11 Å². The molecule has 1 aromatic carbocycles. The SMILES string of the molecule is OCC1CCCCN1C(=S)NCc1ccccc1. The van der Waals surface area contributed by atoms with Crippen molar-refractivity contribution in [2.75, 3.05) is 13.2 Å². The summed E-state index contributed by atoms with van der Waals surface area (Å²) in [6.45, 7) is 1.88. The summed E-state index contributed by atoms with van der Waals surface area (Å²) in [6, 6.07) is 10.4. The number of hydrogen-bond acceptors (Lipinski definition) is 2. The molecule has 1 heterocycles. The molecule has 0 spiro atoms. The van der Waals surface area contributed by atoms with Crippen LogP contribution in [0.15, 0.2) is 30.3 Å². The number of nitrogens with zero attached hydrogens (tertiary/aromatic N) is 1. The average Bonchev–Trinajstić information content (AvgIpc) is 2.45. The highest BCUT2D eigenvalue weighted by molar-refractivity contribution is 7.80. The summed E-state index contributed by atoms with van der Waals surface area (Å²) in [5, 5.41) is 13.4. The Bertz CT molecular complexity index is 383. The number of rotatable bonds is 3. The minimum atomic E-state index is 0.188. The van der Waals surface area contributed by atoms with Crippen LogP contribution in [0.3, 0.4) is 0 Å². The lowest BCUT2D eigenvalue weighted by Crippen LogP contribution is -2.49.